The van der Waals surface area contributed by atoms with E-state index in [1.807, 2.05) is 6.07 Å². The summed E-state index contributed by atoms with van der Waals surface area (Å²) in [5.74, 6) is 0.355. The predicted molar refractivity (Wildman–Crippen MR) is 86.5 cm³/mol. The molecular formula is C17H22FNOS. The largest absolute Gasteiger partial charge is 0.489 e. The summed E-state index contributed by atoms with van der Waals surface area (Å²) < 4.78 is 19.2. The molecule has 1 N–H and O–H groups in total. The van der Waals surface area contributed by atoms with Crippen LogP contribution in [0.15, 0.2) is 24.3 Å². The van der Waals surface area contributed by atoms with Gasteiger partial charge >= 0.3 is 0 Å². The van der Waals surface area contributed by atoms with Crippen molar-refractivity contribution >= 4 is 11.3 Å². The van der Waals surface area contributed by atoms with Gasteiger partial charge in [-0.15, -0.1) is 11.3 Å². The zero-order chi connectivity index (χ0) is 15.2. The van der Waals surface area contributed by atoms with E-state index in [1.54, 1.807) is 24.3 Å². The molecule has 2 aromatic rings. The number of hydrogen-bond acceptors (Lipinski definition) is 3. The van der Waals surface area contributed by atoms with Gasteiger partial charge in [0.1, 0.15) is 18.2 Å². The van der Waals surface area contributed by atoms with Crippen LogP contribution in [0.3, 0.4) is 0 Å². The molecule has 0 spiro atoms. The minimum Gasteiger partial charge on any atom is -0.489 e. The Morgan fingerprint density at radius 3 is 2.76 bits per heavy atom. The maximum absolute atomic E-state index is 13.5. The van der Waals surface area contributed by atoms with Gasteiger partial charge in [0.05, 0.1) is 0 Å². The summed E-state index contributed by atoms with van der Waals surface area (Å²) in [5.41, 5.74) is 1.81. The molecule has 1 heterocycles. The Morgan fingerprint density at radius 1 is 1.24 bits per heavy atom. The van der Waals surface area contributed by atoms with Crippen LogP contribution in [0, 0.1) is 19.7 Å². The average Bonchev–Trinajstić information content (AvgIpc) is 2.81. The lowest BCUT2D eigenvalue weighted by Gasteiger charge is -2.06. The van der Waals surface area contributed by atoms with Crippen LogP contribution in [-0.4, -0.2) is 6.54 Å². The zero-order valence-corrected chi connectivity index (χ0v) is 13.6. The number of rotatable bonds is 7. The first-order valence-electron chi connectivity index (χ1n) is 7.28. The van der Waals surface area contributed by atoms with Crippen LogP contribution >= 0.6 is 11.3 Å². The van der Waals surface area contributed by atoms with E-state index in [-0.39, 0.29) is 5.82 Å². The van der Waals surface area contributed by atoms with E-state index in [0.29, 0.717) is 17.9 Å². The van der Waals surface area contributed by atoms with Crippen molar-refractivity contribution in [1.82, 2.24) is 5.32 Å². The molecule has 0 saturated carbocycles. The zero-order valence-electron chi connectivity index (χ0n) is 12.8. The van der Waals surface area contributed by atoms with E-state index in [2.05, 4.69) is 25.2 Å². The molecule has 1 aromatic carbocycles. The van der Waals surface area contributed by atoms with E-state index in [4.69, 9.17) is 4.74 Å². The second-order valence-electron chi connectivity index (χ2n) is 5.17. The van der Waals surface area contributed by atoms with Crippen LogP contribution in [0.5, 0.6) is 5.75 Å². The van der Waals surface area contributed by atoms with Crippen molar-refractivity contribution in [1.29, 1.82) is 0 Å². The highest BCUT2D eigenvalue weighted by Gasteiger charge is 2.07. The van der Waals surface area contributed by atoms with E-state index < -0.39 is 0 Å². The first-order chi connectivity index (χ1) is 10.1. The Kier molecular flexibility index (Phi) is 5.76. The second kappa shape index (κ2) is 7.57. The van der Waals surface area contributed by atoms with Gasteiger partial charge in [0.25, 0.3) is 0 Å². The van der Waals surface area contributed by atoms with Crippen molar-refractivity contribution < 1.29 is 9.13 Å². The lowest BCUT2D eigenvalue weighted by Crippen LogP contribution is -2.12. The summed E-state index contributed by atoms with van der Waals surface area (Å²) in [7, 11) is 0. The fourth-order valence-electron chi connectivity index (χ4n) is 2.03. The van der Waals surface area contributed by atoms with Gasteiger partial charge in [0.2, 0.25) is 0 Å². The molecule has 2 nitrogen and oxygen atoms in total. The number of thiophene rings is 1. The summed E-state index contributed by atoms with van der Waals surface area (Å²) in [6.45, 7) is 8.43. The molecule has 0 aliphatic carbocycles. The van der Waals surface area contributed by atoms with Crippen LogP contribution in [0.25, 0.3) is 0 Å². The van der Waals surface area contributed by atoms with Gasteiger partial charge < -0.3 is 10.1 Å². The second-order valence-corrected chi connectivity index (χ2v) is 6.51. The summed E-state index contributed by atoms with van der Waals surface area (Å²) in [4.78, 5) is 2.57. The molecule has 0 unspecified atom stereocenters. The third-order valence-corrected chi connectivity index (χ3v) is 4.43. The van der Waals surface area contributed by atoms with Crippen molar-refractivity contribution in [3.05, 3.63) is 51.0 Å². The minimum absolute atomic E-state index is 0.223. The van der Waals surface area contributed by atoms with Crippen LogP contribution in [-0.2, 0) is 13.2 Å². The van der Waals surface area contributed by atoms with Crippen LogP contribution < -0.4 is 10.1 Å². The number of nitrogens with one attached hydrogen (secondary N) is 1. The number of ether oxygens (including phenoxy) is 1. The molecule has 0 aliphatic rings. The molecule has 0 atom stereocenters. The lowest BCUT2D eigenvalue weighted by molar-refractivity contribution is 0.304. The molecular weight excluding hydrogens is 285 g/mol. The third kappa shape index (κ3) is 4.55. The highest BCUT2D eigenvalue weighted by atomic mass is 32.1. The van der Waals surface area contributed by atoms with E-state index >= 15 is 0 Å². The molecule has 114 valence electrons. The number of benzene rings is 1. The average molecular weight is 307 g/mol. The van der Waals surface area contributed by atoms with Crippen molar-refractivity contribution in [2.24, 2.45) is 0 Å². The van der Waals surface area contributed by atoms with E-state index in [1.165, 1.54) is 21.4 Å². The predicted octanol–water partition coefficient (Wildman–Crippen LogP) is 4.58. The molecule has 0 aliphatic heterocycles. The van der Waals surface area contributed by atoms with Gasteiger partial charge in [-0.05, 0) is 44.5 Å². The molecule has 1 aromatic heterocycles. The normalized spacial score (nSPS) is 10.9. The topological polar surface area (TPSA) is 21.3 Å². The monoisotopic (exact) mass is 307 g/mol. The maximum atomic E-state index is 13.5. The SMILES string of the molecule is CCCNCc1cc(COc2ccc(C)c(F)c2)c(C)s1. The highest BCUT2D eigenvalue weighted by Crippen LogP contribution is 2.24. The highest BCUT2D eigenvalue weighted by molar-refractivity contribution is 7.12. The Bertz CT molecular complexity index is 594. The minimum atomic E-state index is -0.223. The van der Waals surface area contributed by atoms with Gasteiger partial charge in [0, 0.05) is 27.9 Å². The van der Waals surface area contributed by atoms with Gasteiger partial charge in [0.15, 0.2) is 0 Å². The van der Waals surface area contributed by atoms with Gasteiger partial charge in [-0.1, -0.05) is 13.0 Å². The Morgan fingerprint density at radius 2 is 2.05 bits per heavy atom. The number of aryl methyl sites for hydroxylation is 2. The summed E-state index contributed by atoms with van der Waals surface area (Å²) >= 11 is 1.79. The Balaban J connectivity index is 1.94. The van der Waals surface area contributed by atoms with Gasteiger partial charge in [-0.2, -0.15) is 0 Å². The molecule has 0 saturated heterocycles. The smallest absolute Gasteiger partial charge is 0.129 e. The first kappa shape index (κ1) is 16.0. The fourth-order valence-corrected chi connectivity index (χ4v) is 3.05. The van der Waals surface area contributed by atoms with Crippen molar-refractivity contribution in [3.63, 3.8) is 0 Å². The molecule has 2 rings (SSSR count). The van der Waals surface area contributed by atoms with Crippen molar-refractivity contribution in [3.8, 4) is 5.75 Å². The van der Waals surface area contributed by atoms with Crippen molar-refractivity contribution in [2.75, 3.05) is 6.54 Å². The standard InChI is InChI=1S/C17H22FNOS/c1-4-7-19-10-16-8-14(13(3)21-16)11-20-15-6-5-12(2)17(18)9-15/h5-6,8-9,19H,4,7,10-11H2,1-3H3. The van der Waals surface area contributed by atoms with Gasteiger partial charge in [-0.3, -0.25) is 0 Å². The molecule has 4 heteroatoms. The quantitative estimate of drug-likeness (QED) is 0.756. The summed E-state index contributed by atoms with van der Waals surface area (Å²) in [6, 6.07) is 7.17. The molecule has 0 fully saturated rings. The Hall–Kier alpha value is -1.39. The molecule has 0 bridgehead atoms. The van der Waals surface area contributed by atoms with Crippen LogP contribution in [0.4, 0.5) is 4.39 Å². The lowest BCUT2D eigenvalue weighted by atomic mass is 10.2. The van der Waals surface area contributed by atoms with Gasteiger partial charge in [-0.25, -0.2) is 4.39 Å². The van der Waals surface area contributed by atoms with Crippen molar-refractivity contribution in [2.45, 2.75) is 40.3 Å². The first-order valence-corrected chi connectivity index (χ1v) is 8.09. The molecule has 0 radical (unpaired) electrons. The van der Waals surface area contributed by atoms with Crippen LogP contribution in [0.1, 0.15) is 34.2 Å². The fraction of sp³-hybridized carbons (Fsp3) is 0.412. The summed E-state index contributed by atoms with van der Waals surface area (Å²) in [5, 5.41) is 3.40. The Labute approximate surface area is 130 Å². The number of hydrogen-bond donors (Lipinski definition) is 1. The molecule has 0 amide bonds. The van der Waals surface area contributed by atoms with E-state index in [0.717, 1.165) is 19.5 Å². The van der Waals surface area contributed by atoms with E-state index in [9.17, 15) is 4.39 Å². The maximum Gasteiger partial charge on any atom is 0.129 e. The number of halogens is 1. The third-order valence-electron chi connectivity index (χ3n) is 3.34. The van der Waals surface area contributed by atoms with Crippen LogP contribution in [0.2, 0.25) is 0 Å². The molecule has 21 heavy (non-hydrogen) atoms. The summed E-state index contributed by atoms with van der Waals surface area (Å²) in [6.07, 6.45) is 1.14.